The van der Waals surface area contributed by atoms with Gasteiger partial charge in [0.05, 0.1) is 0 Å². The maximum Gasteiger partial charge on any atom is 0.161 e. The van der Waals surface area contributed by atoms with Crippen molar-refractivity contribution in [2.24, 2.45) is 5.41 Å². The number of Topliss-reactive ketones (excluding diaryl/α,β-unsaturated/α-hetero) is 1. The standard InChI is InChI=1S/C13H20O3/c1-10(14)6-5-9-13(3,4)12(16)8-7-11(2)15/h7-8H,5-6,9H2,1-4H3/b8-7-. The van der Waals surface area contributed by atoms with Crippen LogP contribution in [-0.4, -0.2) is 17.3 Å². The van der Waals surface area contributed by atoms with E-state index < -0.39 is 5.41 Å². The Hall–Kier alpha value is -1.25. The lowest BCUT2D eigenvalue weighted by atomic mass is 9.82. The summed E-state index contributed by atoms with van der Waals surface area (Å²) in [6.07, 6.45) is 4.49. The van der Waals surface area contributed by atoms with Gasteiger partial charge in [-0.3, -0.25) is 9.59 Å². The molecule has 0 rings (SSSR count). The Kier molecular flexibility index (Phi) is 5.86. The first kappa shape index (κ1) is 14.8. The molecule has 0 fully saturated rings. The molecule has 16 heavy (non-hydrogen) atoms. The Labute approximate surface area is 96.9 Å². The van der Waals surface area contributed by atoms with Gasteiger partial charge in [0.1, 0.15) is 5.78 Å². The van der Waals surface area contributed by atoms with Crippen LogP contribution in [-0.2, 0) is 14.4 Å². The molecule has 0 bridgehead atoms. The van der Waals surface area contributed by atoms with Crippen molar-refractivity contribution in [3.63, 3.8) is 0 Å². The minimum absolute atomic E-state index is 0.0637. The maximum absolute atomic E-state index is 11.7. The zero-order chi connectivity index (χ0) is 12.8. The molecule has 0 unspecified atom stereocenters. The summed E-state index contributed by atoms with van der Waals surface area (Å²) in [5.74, 6) is -0.0540. The highest BCUT2D eigenvalue weighted by atomic mass is 16.1. The molecule has 3 nitrogen and oxygen atoms in total. The van der Waals surface area contributed by atoms with Gasteiger partial charge in [-0.25, -0.2) is 0 Å². The zero-order valence-electron chi connectivity index (χ0n) is 10.5. The second kappa shape index (κ2) is 6.36. The molecule has 0 saturated heterocycles. The number of rotatable bonds is 7. The summed E-state index contributed by atoms with van der Waals surface area (Å²) in [7, 11) is 0. The summed E-state index contributed by atoms with van der Waals surface area (Å²) in [5.41, 5.74) is -0.499. The van der Waals surface area contributed by atoms with E-state index in [2.05, 4.69) is 0 Å². The average molecular weight is 224 g/mol. The zero-order valence-corrected chi connectivity index (χ0v) is 10.5. The fourth-order valence-electron chi connectivity index (χ4n) is 1.32. The first-order valence-electron chi connectivity index (χ1n) is 5.48. The molecule has 3 heteroatoms. The molecule has 0 N–H and O–H groups in total. The van der Waals surface area contributed by atoms with Crippen LogP contribution in [0.3, 0.4) is 0 Å². The molecule has 0 aromatic carbocycles. The number of carbonyl (C=O) groups excluding carboxylic acids is 3. The van der Waals surface area contributed by atoms with Crippen LogP contribution in [0.15, 0.2) is 12.2 Å². The van der Waals surface area contributed by atoms with Gasteiger partial charge in [0.15, 0.2) is 11.6 Å². The van der Waals surface area contributed by atoms with Crippen LogP contribution in [0.1, 0.15) is 47.0 Å². The highest BCUT2D eigenvalue weighted by Gasteiger charge is 2.24. The molecule has 0 aliphatic carbocycles. The molecule has 0 aromatic heterocycles. The van der Waals surface area contributed by atoms with Gasteiger partial charge in [-0.1, -0.05) is 13.8 Å². The van der Waals surface area contributed by atoms with E-state index >= 15 is 0 Å². The van der Waals surface area contributed by atoms with E-state index in [1.54, 1.807) is 6.92 Å². The van der Waals surface area contributed by atoms with Crippen LogP contribution in [0.4, 0.5) is 0 Å². The van der Waals surface area contributed by atoms with Crippen molar-refractivity contribution in [1.82, 2.24) is 0 Å². The molecular formula is C13H20O3. The monoisotopic (exact) mass is 224 g/mol. The number of hydrogen-bond donors (Lipinski definition) is 0. The smallest absolute Gasteiger partial charge is 0.161 e. The van der Waals surface area contributed by atoms with Gasteiger partial charge in [0, 0.05) is 11.8 Å². The third kappa shape index (κ3) is 6.27. The van der Waals surface area contributed by atoms with Gasteiger partial charge in [-0.05, 0) is 38.8 Å². The summed E-state index contributed by atoms with van der Waals surface area (Å²) in [6.45, 7) is 6.62. The highest BCUT2D eigenvalue weighted by molar-refractivity contribution is 6.00. The third-order valence-corrected chi connectivity index (χ3v) is 2.47. The minimum Gasteiger partial charge on any atom is -0.300 e. The molecule has 0 aliphatic heterocycles. The number of carbonyl (C=O) groups is 3. The number of allylic oxidation sites excluding steroid dienone is 2. The number of ketones is 3. The fourth-order valence-corrected chi connectivity index (χ4v) is 1.32. The van der Waals surface area contributed by atoms with Crippen molar-refractivity contribution >= 4 is 17.3 Å². The van der Waals surface area contributed by atoms with Crippen molar-refractivity contribution in [3.05, 3.63) is 12.2 Å². The second-order valence-electron chi connectivity index (χ2n) is 4.75. The molecule has 0 aliphatic rings. The van der Waals surface area contributed by atoms with E-state index in [0.29, 0.717) is 19.3 Å². The van der Waals surface area contributed by atoms with Gasteiger partial charge >= 0.3 is 0 Å². The van der Waals surface area contributed by atoms with Gasteiger partial charge in [0.25, 0.3) is 0 Å². The predicted octanol–water partition coefficient (Wildman–Crippen LogP) is 2.49. The van der Waals surface area contributed by atoms with Crippen LogP contribution in [0.5, 0.6) is 0 Å². The van der Waals surface area contributed by atoms with Crippen molar-refractivity contribution in [3.8, 4) is 0 Å². The lowest BCUT2D eigenvalue weighted by Crippen LogP contribution is -2.22. The Bertz CT molecular complexity index is 311. The normalized spacial score (nSPS) is 11.8. The first-order valence-corrected chi connectivity index (χ1v) is 5.48. The van der Waals surface area contributed by atoms with Crippen LogP contribution in [0.25, 0.3) is 0 Å². The average Bonchev–Trinajstić information content (AvgIpc) is 2.12. The van der Waals surface area contributed by atoms with Crippen LogP contribution >= 0.6 is 0 Å². The van der Waals surface area contributed by atoms with Crippen molar-refractivity contribution < 1.29 is 14.4 Å². The maximum atomic E-state index is 11.7. The van der Waals surface area contributed by atoms with Crippen molar-refractivity contribution in [2.45, 2.75) is 47.0 Å². The molecule has 0 aromatic rings. The van der Waals surface area contributed by atoms with Crippen molar-refractivity contribution in [2.75, 3.05) is 0 Å². The molecule has 90 valence electrons. The topological polar surface area (TPSA) is 51.2 Å². The Balaban J connectivity index is 4.25. The van der Waals surface area contributed by atoms with E-state index in [4.69, 9.17) is 0 Å². The molecule has 0 saturated carbocycles. The van der Waals surface area contributed by atoms with Gasteiger partial charge in [-0.15, -0.1) is 0 Å². The largest absolute Gasteiger partial charge is 0.300 e. The Morgan fingerprint density at radius 3 is 2.06 bits per heavy atom. The van der Waals surface area contributed by atoms with E-state index in [-0.39, 0.29) is 17.3 Å². The summed E-state index contributed by atoms with van der Waals surface area (Å²) in [6, 6.07) is 0. The van der Waals surface area contributed by atoms with E-state index in [1.165, 1.54) is 19.1 Å². The highest BCUT2D eigenvalue weighted by Crippen LogP contribution is 2.25. The van der Waals surface area contributed by atoms with Crippen molar-refractivity contribution in [1.29, 1.82) is 0 Å². The lowest BCUT2D eigenvalue weighted by Gasteiger charge is -2.20. The molecule has 0 spiro atoms. The first-order chi connectivity index (χ1) is 7.25. The quantitative estimate of drug-likeness (QED) is 0.624. The predicted molar refractivity (Wildman–Crippen MR) is 63.1 cm³/mol. The van der Waals surface area contributed by atoms with Gasteiger partial charge in [0.2, 0.25) is 0 Å². The summed E-state index contributed by atoms with van der Waals surface area (Å²) in [5, 5.41) is 0. The summed E-state index contributed by atoms with van der Waals surface area (Å²) < 4.78 is 0. The fraction of sp³-hybridized carbons (Fsp3) is 0.615. The van der Waals surface area contributed by atoms with E-state index in [1.807, 2.05) is 13.8 Å². The Morgan fingerprint density at radius 2 is 1.62 bits per heavy atom. The van der Waals surface area contributed by atoms with Crippen LogP contribution in [0, 0.1) is 5.41 Å². The molecule has 0 radical (unpaired) electrons. The third-order valence-electron chi connectivity index (χ3n) is 2.47. The lowest BCUT2D eigenvalue weighted by molar-refractivity contribution is -0.123. The molecular weight excluding hydrogens is 204 g/mol. The van der Waals surface area contributed by atoms with Gasteiger partial charge < -0.3 is 4.79 Å². The summed E-state index contributed by atoms with van der Waals surface area (Å²) >= 11 is 0. The molecule has 0 atom stereocenters. The van der Waals surface area contributed by atoms with E-state index in [0.717, 1.165) is 0 Å². The second-order valence-corrected chi connectivity index (χ2v) is 4.75. The Morgan fingerprint density at radius 1 is 1.06 bits per heavy atom. The number of hydrogen-bond acceptors (Lipinski definition) is 3. The van der Waals surface area contributed by atoms with Crippen LogP contribution < -0.4 is 0 Å². The molecule has 0 heterocycles. The molecule has 0 amide bonds. The van der Waals surface area contributed by atoms with Gasteiger partial charge in [-0.2, -0.15) is 0 Å². The van der Waals surface area contributed by atoms with E-state index in [9.17, 15) is 14.4 Å². The minimum atomic E-state index is -0.499. The van der Waals surface area contributed by atoms with Crippen LogP contribution in [0.2, 0.25) is 0 Å². The SMILES string of the molecule is CC(=O)/C=C\C(=O)C(C)(C)CCCC(C)=O. The summed E-state index contributed by atoms with van der Waals surface area (Å²) in [4.78, 5) is 33.2.